The molecule has 1 aliphatic carbocycles. The first kappa shape index (κ1) is 17.3. The summed E-state index contributed by atoms with van der Waals surface area (Å²) in [6, 6.07) is 3.60. The van der Waals surface area contributed by atoms with Gasteiger partial charge in [0.15, 0.2) is 17.3 Å². The molecule has 0 N–H and O–H groups in total. The maximum absolute atomic E-state index is 14.0. The number of nitrogens with zero attached hydrogens (tertiary/aromatic N) is 2. The van der Waals surface area contributed by atoms with E-state index < -0.39 is 29.1 Å². The van der Waals surface area contributed by atoms with E-state index in [4.69, 9.17) is 0 Å². The highest BCUT2D eigenvalue weighted by atomic mass is 19.1. The number of urea groups is 1. The van der Waals surface area contributed by atoms with Crippen molar-refractivity contribution >= 4 is 23.4 Å². The monoisotopic (exact) mass is 346 g/mol. The van der Waals surface area contributed by atoms with Gasteiger partial charge in [-0.1, -0.05) is 0 Å². The summed E-state index contributed by atoms with van der Waals surface area (Å²) in [5.74, 6) is -3.40. The molecule has 132 valence electrons. The number of amides is 2. The van der Waals surface area contributed by atoms with Crippen LogP contribution in [0.5, 0.6) is 0 Å². The minimum Gasteiger partial charge on any atom is -0.326 e. The lowest BCUT2D eigenvalue weighted by atomic mass is 9.81. The Kier molecular flexibility index (Phi) is 4.65. The Bertz CT molecular complexity index is 745. The summed E-state index contributed by atoms with van der Waals surface area (Å²) in [6.45, 7) is 1.29. The number of halogens is 1. The molecule has 0 atom stereocenters. The van der Waals surface area contributed by atoms with E-state index >= 15 is 0 Å². The van der Waals surface area contributed by atoms with Crippen molar-refractivity contribution in [3.63, 3.8) is 0 Å². The summed E-state index contributed by atoms with van der Waals surface area (Å²) in [6.07, 6.45) is 0.846. The van der Waals surface area contributed by atoms with Gasteiger partial charge in [0.2, 0.25) is 0 Å². The molecule has 1 aromatic carbocycles. The topological polar surface area (TPSA) is 74.8 Å². The molecule has 1 saturated carbocycles. The number of carbonyl (C=O) groups is 4. The van der Waals surface area contributed by atoms with Gasteiger partial charge in [-0.05, 0) is 30.2 Å². The van der Waals surface area contributed by atoms with Crippen molar-refractivity contribution < 1.29 is 23.6 Å². The van der Waals surface area contributed by atoms with Crippen LogP contribution in [0.15, 0.2) is 18.2 Å². The molecule has 1 heterocycles. The van der Waals surface area contributed by atoms with Crippen molar-refractivity contribution in [1.82, 2.24) is 9.80 Å². The van der Waals surface area contributed by atoms with E-state index in [-0.39, 0.29) is 31.0 Å². The molecule has 2 aliphatic rings. The van der Waals surface area contributed by atoms with Gasteiger partial charge in [0.05, 0.1) is 0 Å². The largest absolute Gasteiger partial charge is 0.326 e. The molecule has 1 aromatic rings. The molecule has 7 heteroatoms. The first-order chi connectivity index (χ1) is 11.9. The number of ketones is 3. The third kappa shape index (κ3) is 3.45. The van der Waals surface area contributed by atoms with Crippen LogP contribution < -0.4 is 0 Å². The molecule has 0 unspecified atom stereocenters. The molecule has 2 fully saturated rings. The fraction of sp³-hybridized carbons (Fsp3) is 0.444. The first-order valence-corrected chi connectivity index (χ1v) is 8.26. The van der Waals surface area contributed by atoms with E-state index in [0.717, 1.165) is 6.07 Å². The van der Waals surface area contributed by atoms with Crippen molar-refractivity contribution in [2.75, 3.05) is 20.1 Å². The molecule has 0 radical (unpaired) electrons. The SMILES string of the molecule is CN1CCN(Cc2cc(F)cc(C(=O)C3C(=O)CCCC3=O)c2)C1=O. The van der Waals surface area contributed by atoms with Crippen molar-refractivity contribution in [2.24, 2.45) is 5.92 Å². The van der Waals surface area contributed by atoms with Gasteiger partial charge in [0, 0.05) is 45.1 Å². The Hall–Kier alpha value is -2.57. The number of Topliss-reactive ketones (excluding diaryl/α,β-unsaturated/α-hetero) is 3. The molecule has 1 saturated heterocycles. The lowest BCUT2D eigenvalue weighted by Gasteiger charge is -2.19. The molecule has 3 rings (SSSR count). The van der Waals surface area contributed by atoms with E-state index in [9.17, 15) is 23.6 Å². The molecular formula is C18H19FN2O4. The van der Waals surface area contributed by atoms with Crippen LogP contribution in [0.1, 0.15) is 35.2 Å². The Balaban J connectivity index is 1.84. The fourth-order valence-electron chi connectivity index (χ4n) is 3.32. The first-order valence-electron chi connectivity index (χ1n) is 8.26. The average Bonchev–Trinajstić information content (AvgIpc) is 2.86. The highest BCUT2D eigenvalue weighted by molar-refractivity contribution is 6.25. The summed E-state index contributed by atoms with van der Waals surface area (Å²) in [7, 11) is 1.68. The highest BCUT2D eigenvalue weighted by Gasteiger charge is 2.36. The van der Waals surface area contributed by atoms with E-state index in [1.165, 1.54) is 12.1 Å². The normalized spacial score (nSPS) is 19.0. The average molecular weight is 346 g/mol. The maximum Gasteiger partial charge on any atom is 0.320 e. The second-order valence-corrected chi connectivity index (χ2v) is 6.56. The van der Waals surface area contributed by atoms with Crippen LogP contribution in [0.2, 0.25) is 0 Å². The number of rotatable bonds is 4. The van der Waals surface area contributed by atoms with Gasteiger partial charge in [0.25, 0.3) is 0 Å². The second-order valence-electron chi connectivity index (χ2n) is 6.56. The molecule has 0 spiro atoms. The number of hydrogen-bond acceptors (Lipinski definition) is 4. The van der Waals surface area contributed by atoms with Crippen LogP contribution in [-0.2, 0) is 16.1 Å². The number of benzene rings is 1. The minimum absolute atomic E-state index is 0.00333. The number of carbonyl (C=O) groups excluding carboxylic acids is 4. The third-order valence-corrected chi connectivity index (χ3v) is 4.67. The Morgan fingerprint density at radius 2 is 1.80 bits per heavy atom. The zero-order chi connectivity index (χ0) is 18.1. The molecule has 25 heavy (non-hydrogen) atoms. The molecular weight excluding hydrogens is 327 g/mol. The predicted molar refractivity (Wildman–Crippen MR) is 86.5 cm³/mol. The zero-order valence-electron chi connectivity index (χ0n) is 14.0. The molecule has 0 bridgehead atoms. The van der Waals surface area contributed by atoms with E-state index in [1.807, 2.05) is 0 Å². The Labute approximate surface area is 144 Å². The smallest absolute Gasteiger partial charge is 0.320 e. The Morgan fingerprint density at radius 1 is 1.12 bits per heavy atom. The van der Waals surface area contributed by atoms with E-state index in [1.54, 1.807) is 16.8 Å². The number of hydrogen-bond donors (Lipinski definition) is 0. The fourth-order valence-corrected chi connectivity index (χ4v) is 3.32. The molecule has 0 aromatic heterocycles. The van der Waals surface area contributed by atoms with Crippen LogP contribution in [0, 0.1) is 11.7 Å². The molecule has 2 amide bonds. The van der Waals surface area contributed by atoms with Crippen LogP contribution in [0.4, 0.5) is 9.18 Å². The van der Waals surface area contributed by atoms with Gasteiger partial charge in [-0.25, -0.2) is 9.18 Å². The third-order valence-electron chi connectivity index (χ3n) is 4.67. The second kappa shape index (κ2) is 6.74. The van der Waals surface area contributed by atoms with Crippen molar-refractivity contribution in [3.05, 3.63) is 35.1 Å². The van der Waals surface area contributed by atoms with Crippen molar-refractivity contribution in [2.45, 2.75) is 25.8 Å². The summed E-state index contributed by atoms with van der Waals surface area (Å²) >= 11 is 0. The Morgan fingerprint density at radius 3 is 2.40 bits per heavy atom. The van der Waals surface area contributed by atoms with Gasteiger partial charge in [-0.3, -0.25) is 14.4 Å². The minimum atomic E-state index is -1.32. The quantitative estimate of drug-likeness (QED) is 0.616. The van der Waals surface area contributed by atoms with Crippen molar-refractivity contribution in [1.29, 1.82) is 0 Å². The summed E-state index contributed by atoms with van der Waals surface area (Å²) in [4.78, 5) is 51.6. The van der Waals surface area contributed by atoms with Crippen LogP contribution in [0.25, 0.3) is 0 Å². The predicted octanol–water partition coefficient (Wildman–Crippen LogP) is 1.81. The summed E-state index contributed by atoms with van der Waals surface area (Å²) < 4.78 is 14.0. The summed E-state index contributed by atoms with van der Waals surface area (Å²) in [5, 5.41) is 0. The molecule has 1 aliphatic heterocycles. The van der Waals surface area contributed by atoms with Crippen LogP contribution in [-0.4, -0.2) is 53.3 Å². The van der Waals surface area contributed by atoms with Gasteiger partial charge < -0.3 is 9.80 Å². The van der Waals surface area contributed by atoms with Crippen molar-refractivity contribution in [3.8, 4) is 0 Å². The van der Waals surface area contributed by atoms with Gasteiger partial charge in [-0.2, -0.15) is 0 Å². The lowest BCUT2D eigenvalue weighted by Crippen LogP contribution is -2.35. The van der Waals surface area contributed by atoms with E-state index in [0.29, 0.717) is 25.1 Å². The highest BCUT2D eigenvalue weighted by Crippen LogP contribution is 2.23. The standard InChI is InChI=1S/C18H19FN2O4/c1-20-5-6-21(18(20)25)10-11-7-12(9-13(19)8-11)17(24)16-14(22)3-2-4-15(16)23/h7-9,16H,2-6,10H2,1H3. The van der Waals surface area contributed by atoms with Gasteiger partial charge in [-0.15, -0.1) is 0 Å². The lowest BCUT2D eigenvalue weighted by molar-refractivity contribution is -0.133. The van der Waals surface area contributed by atoms with Gasteiger partial charge >= 0.3 is 6.03 Å². The van der Waals surface area contributed by atoms with Crippen LogP contribution >= 0.6 is 0 Å². The van der Waals surface area contributed by atoms with Crippen LogP contribution in [0.3, 0.4) is 0 Å². The van der Waals surface area contributed by atoms with Gasteiger partial charge in [0.1, 0.15) is 11.7 Å². The number of likely N-dealkylation sites (N-methyl/N-ethyl adjacent to an activating group) is 1. The van der Waals surface area contributed by atoms with E-state index in [2.05, 4.69) is 0 Å². The summed E-state index contributed by atoms with van der Waals surface area (Å²) in [5.41, 5.74) is 0.464. The maximum atomic E-state index is 14.0. The molecule has 6 nitrogen and oxygen atoms in total. The zero-order valence-corrected chi connectivity index (χ0v) is 14.0.